The molecule has 0 bridgehead atoms. The molecule has 140 valence electrons. The van der Waals surface area contributed by atoms with Crippen molar-refractivity contribution < 1.29 is 4.74 Å². The lowest BCUT2D eigenvalue weighted by Crippen LogP contribution is -2.34. The Bertz CT molecular complexity index is 927. The van der Waals surface area contributed by atoms with Gasteiger partial charge in [-0.15, -0.1) is 0 Å². The van der Waals surface area contributed by atoms with Crippen LogP contribution in [0.15, 0.2) is 30.7 Å². The minimum Gasteiger partial charge on any atom is -0.472 e. The number of nitrogens with zero attached hydrogens (tertiary/aromatic N) is 4. The van der Waals surface area contributed by atoms with Crippen molar-refractivity contribution in [3.8, 4) is 17.1 Å². The molecule has 2 saturated heterocycles. The maximum absolute atomic E-state index is 6.38. The molecule has 2 aliphatic heterocycles. The second-order valence-corrected chi connectivity index (χ2v) is 7.24. The zero-order valence-electron chi connectivity index (χ0n) is 15.3. The summed E-state index contributed by atoms with van der Waals surface area (Å²) in [5, 5.41) is 4.44. The van der Waals surface area contributed by atoms with E-state index in [1.165, 1.54) is 12.8 Å². The summed E-state index contributed by atoms with van der Waals surface area (Å²) in [6.07, 6.45) is 10.2. The van der Waals surface area contributed by atoms with E-state index in [1.54, 1.807) is 6.20 Å². The van der Waals surface area contributed by atoms with Gasteiger partial charge in [0.1, 0.15) is 11.8 Å². The Labute approximate surface area is 158 Å². The van der Waals surface area contributed by atoms with Crippen LogP contribution in [-0.4, -0.2) is 52.2 Å². The molecule has 0 radical (unpaired) electrons. The van der Waals surface area contributed by atoms with Crippen LogP contribution < -0.4 is 15.0 Å². The topological polar surface area (TPSA) is 79.0 Å². The minimum atomic E-state index is 0.196. The van der Waals surface area contributed by atoms with Gasteiger partial charge in [0.2, 0.25) is 0 Å². The van der Waals surface area contributed by atoms with Crippen LogP contribution in [0.2, 0.25) is 0 Å². The number of piperidine rings is 1. The van der Waals surface area contributed by atoms with E-state index in [-0.39, 0.29) is 6.10 Å². The van der Waals surface area contributed by atoms with E-state index in [4.69, 9.17) is 14.7 Å². The lowest BCUT2D eigenvalue weighted by atomic mass is 10.1. The van der Waals surface area contributed by atoms with Gasteiger partial charge in [-0.1, -0.05) is 0 Å². The molecule has 2 aliphatic rings. The molecule has 7 heteroatoms. The van der Waals surface area contributed by atoms with Crippen molar-refractivity contribution in [2.24, 2.45) is 0 Å². The molecule has 0 aliphatic carbocycles. The molecule has 5 rings (SSSR count). The normalized spacial score (nSPS) is 18.3. The summed E-state index contributed by atoms with van der Waals surface area (Å²) >= 11 is 0. The van der Waals surface area contributed by atoms with E-state index in [2.05, 4.69) is 20.2 Å². The minimum absolute atomic E-state index is 0.196. The van der Waals surface area contributed by atoms with Crippen molar-refractivity contribution >= 4 is 16.9 Å². The van der Waals surface area contributed by atoms with Crippen LogP contribution in [0.3, 0.4) is 0 Å². The predicted octanol–water partition coefficient (Wildman–Crippen LogP) is 2.75. The van der Waals surface area contributed by atoms with Crippen molar-refractivity contribution in [2.45, 2.75) is 31.8 Å². The summed E-state index contributed by atoms with van der Waals surface area (Å²) in [7, 11) is 0. The zero-order chi connectivity index (χ0) is 18.1. The third-order valence-electron chi connectivity index (χ3n) is 5.43. The highest BCUT2D eigenvalue weighted by Gasteiger charge is 2.24. The molecule has 2 N–H and O–H groups in total. The summed E-state index contributed by atoms with van der Waals surface area (Å²) < 4.78 is 6.38. The van der Waals surface area contributed by atoms with Gasteiger partial charge in [-0.2, -0.15) is 0 Å². The first-order valence-corrected chi connectivity index (χ1v) is 9.80. The second-order valence-electron chi connectivity index (χ2n) is 7.24. The van der Waals surface area contributed by atoms with Gasteiger partial charge in [-0.05, 0) is 50.9 Å². The number of aromatic nitrogens is 4. The maximum Gasteiger partial charge on any atom is 0.258 e. The van der Waals surface area contributed by atoms with Crippen LogP contribution in [0.25, 0.3) is 22.3 Å². The van der Waals surface area contributed by atoms with E-state index in [0.717, 1.165) is 67.1 Å². The van der Waals surface area contributed by atoms with Crippen molar-refractivity contribution in [3.63, 3.8) is 0 Å². The quantitative estimate of drug-likeness (QED) is 0.741. The molecule has 3 aromatic heterocycles. The van der Waals surface area contributed by atoms with E-state index in [0.29, 0.717) is 5.88 Å². The summed E-state index contributed by atoms with van der Waals surface area (Å²) in [6, 6.07) is 4.02. The fourth-order valence-electron chi connectivity index (χ4n) is 3.98. The highest BCUT2D eigenvalue weighted by molar-refractivity contribution is 5.91. The Hall–Kier alpha value is -2.67. The summed E-state index contributed by atoms with van der Waals surface area (Å²) in [6.45, 7) is 4.03. The fraction of sp³-hybridized carbons (Fsp3) is 0.450. The molecule has 0 unspecified atom stereocenters. The number of ether oxygens (including phenoxy) is 1. The Morgan fingerprint density at radius 3 is 2.78 bits per heavy atom. The van der Waals surface area contributed by atoms with Gasteiger partial charge in [-0.25, -0.2) is 15.0 Å². The molecule has 5 heterocycles. The van der Waals surface area contributed by atoms with Crippen LogP contribution in [0.1, 0.15) is 25.7 Å². The molecule has 3 aromatic rings. The molecule has 0 spiro atoms. The van der Waals surface area contributed by atoms with Crippen molar-refractivity contribution in [3.05, 3.63) is 30.7 Å². The monoisotopic (exact) mass is 364 g/mol. The number of pyridine rings is 1. The first-order valence-electron chi connectivity index (χ1n) is 9.80. The standard InChI is InChI=1S/C20H24N6O/c1-2-12-26(11-1)19-20(27-14-3-7-21-8-4-14)25-17(13-24-19)15-5-9-22-18-16(15)6-10-23-18/h5-6,9-10,13-14,21H,1-4,7-8,11-12H2,(H,22,23). The van der Waals surface area contributed by atoms with E-state index in [9.17, 15) is 0 Å². The summed E-state index contributed by atoms with van der Waals surface area (Å²) in [4.78, 5) is 19.5. The van der Waals surface area contributed by atoms with Gasteiger partial charge in [0.15, 0.2) is 5.82 Å². The number of fused-ring (bicyclic) bond motifs is 1. The lowest BCUT2D eigenvalue weighted by molar-refractivity contribution is 0.156. The van der Waals surface area contributed by atoms with E-state index < -0.39 is 0 Å². The summed E-state index contributed by atoms with van der Waals surface area (Å²) in [5.41, 5.74) is 2.71. The van der Waals surface area contributed by atoms with Crippen molar-refractivity contribution in [2.75, 3.05) is 31.1 Å². The van der Waals surface area contributed by atoms with E-state index in [1.807, 2.05) is 24.5 Å². The largest absolute Gasteiger partial charge is 0.472 e. The molecular formula is C20H24N6O. The molecule has 0 aromatic carbocycles. The number of anilines is 1. The molecule has 2 fully saturated rings. The maximum atomic E-state index is 6.38. The Kier molecular flexibility index (Phi) is 4.37. The predicted molar refractivity (Wildman–Crippen MR) is 105 cm³/mol. The van der Waals surface area contributed by atoms with E-state index >= 15 is 0 Å². The van der Waals surface area contributed by atoms with Gasteiger partial charge in [0.05, 0.1) is 11.9 Å². The summed E-state index contributed by atoms with van der Waals surface area (Å²) in [5.74, 6) is 1.55. The highest BCUT2D eigenvalue weighted by atomic mass is 16.5. The molecular weight excluding hydrogens is 340 g/mol. The third kappa shape index (κ3) is 3.23. The number of aromatic amines is 1. The fourth-order valence-corrected chi connectivity index (χ4v) is 3.98. The highest BCUT2D eigenvalue weighted by Crippen LogP contribution is 2.33. The number of hydrogen-bond donors (Lipinski definition) is 2. The van der Waals surface area contributed by atoms with Crippen LogP contribution in [0, 0.1) is 0 Å². The number of rotatable bonds is 4. The SMILES string of the molecule is c1cc(-c2cnc(N3CCCC3)c(OC3CCNCC3)n2)c2cc[nH]c2n1. The Balaban J connectivity index is 1.54. The number of nitrogens with one attached hydrogen (secondary N) is 2. The van der Waals surface area contributed by atoms with Crippen LogP contribution >= 0.6 is 0 Å². The Morgan fingerprint density at radius 1 is 1.07 bits per heavy atom. The molecule has 0 saturated carbocycles. The molecule has 27 heavy (non-hydrogen) atoms. The smallest absolute Gasteiger partial charge is 0.258 e. The van der Waals surface area contributed by atoms with Crippen LogP contribution in [-0.2, 0) is 0 Å². The van der Waals surface area contributed by atoms with Gasteiger partial charge < -0.3 is 19.9 Å². The van der Waals surface area contributed by atoms with Gasteiger partial charge in [-0.3, -0.25) is 0 Å². The first-order chi connectivity index (χ1) is 13.4. The van der Waals surface area contributed by atoms with Gasteiger partial charge >= 0.3 is 0 Å². The molecule has 7 nitrogen and oxygen atoms in total. The zero-order valence-corrected chi connectivity index (χ0v) is 15.3. The van der Waals surface area contributed by atoms with Gasteiger partial charge in [0, 0.05) is 36.4 Å². The molecule has 0 amide bonds. The average Bonchev–Trinajstić information content (AvgIpc) is 3.40. The first kappa shape index (κ1) is 16.5. The second kappa shape index (κ2) is 7.15. The van der Waals surface area contributed by atoms with Crippen LogP contribution in [0.4, 0.5) is 5.82 Å². The van der Waals surface area contributed by atoms with Crippen molar-refractivity contribution in [1.29, 1.82) is 0 Å². The van der Waals surface area contributed by atoms with Gasteiger partial charge in [0.25, 0.3) is 5.88 Å². The third-order valence-corrected chi connectivity index (χ3v) is 5.43. The lowest BCUT2D eigenvalue weighted by Gasteiger charge is -2.26. The Morgan fingerprint density at radius 2 is 1.93 bits per heavy atom. The average molecular weight is 364 g/mol. The van der Waals surface area contributed by atoms with Crippen molar-refractivity contribution in [1.82, 2.24) is 25.3 Å². The van der Waals surface area contributed by atoms with Crippen LogP contribution in [0.5, 0.6) is 5.88 Å². The molecule has 0 atom stereocenters. The number of H-pyrrole nitrogens is 1. The number of hydrogen-bond acceptors (Lipinski definition) is 6.